The smallest absolute Gasteiger partial charge is 0.253 e. The second-order valence-electron chi connectivity index (χ2n) is 6.58. The van der Waals surface area contributed by atoms with Gasteiger partial charge in [-0.3, -0.25) is 4.79 Å². The summed E-state index contributed by atoms with van der Waals surface area (Å²) >= 11 is 12.5. The molecule has 0 aliphatic carbocycles. The maximum absolute atomic E-state index is 13.4. The highest BCUT2D eigenvalue weighted by molar-refractivity contribution is 6.42. The molecule has 27 heavy (non-hydrogen) atoms. The van der Waals surface area contributed by atoms with Gasteiger partial charge in [-0.15, -0.1) is 0 Å². The van der Waals surface area contributed by atoms with Gasteiger partial charge < -0.3 is 0 Å². The molecule has 0 saturated carbocycles. The molecular formula is C22H18Cl2N2O. The summed E-state index contributed by atoms with van der Waals surface area (Å²) in [5.41, 5.74) is 3.78. The fourth-order valence-corrected chi connectivity index (χ4v) is 3.99. The Morgan fingerprint density at radius 2 is 1.63 bits per heavy atom. The SMILES string of the molecule is CN(Cc1cccc(Cl)c1Cl)N1C(=O)[C@@H](c2ccccc2)c2ccccc21. The van der Waals surface area contributed by atoms with Crippen molar-refractivity contribution >= 4 is 34.8 Å². The molecule has 5 heteroatoms. The lowest BCUT2D eigenvalue weighted by Crippen LogP contribution is -2.42. The standard InChI is InChI=1S/C22H18Cl2N2O/c1-25(14-16-10-7-12-18(23)21(16)24)26-19-13-6-5-11-17(19)20(22(26)27)15-8-3-2-4-9-15/h2-13,20H,14H2,1H3/t20-/m0/s1. The molecule has 3 aromatic rings. The molecule has 1 aliphatic heterocycles. The van der Waals surface area contributed by atoms with Crippen molar-refractivity contribution < 1.29 is 4.79 Å². The number of carbonyl (C=O) groups excluding carboxylic acids is 1. The first-order chi connectivity index (χ1) is 13.1. The highest BCUT2D eigenvalue weighted by atomic mass is 35.5. The molecule has 1 aliphatic rings. The zero-order chi connectivity index (χ0) is 19.0. The summed E-state index contributed by atoms with van der Waals surface area (Å²) in [7, 11) is 1.89. The van der Waals surface area contributed by atoms with Crippen LogP contribution in [-0.4, -0.2) is 18.0 Å². The van der Waals surface area contributed by atoms with E-state index in [1.165, 1.54) is 0 Å². The van der Waals surface area contributed by atoms with E-state index >= 15 is 0 Å². The van der Waals surface area contributed by atoms with Crippen molar-refractivity contribution in [2.45, 2.75) is 12.5 Å². The van der Waals surface area contributed by atoms with Gasteiger partial charge in [-0.25, -0.2) is 10.0 Å². The van der Waals surface area contributed by atoms with Crippen LogP contribution in [0.25, 0.3) is 0 Å². The van der Waals surface area contributed by atoms with Gasteiger partial charge in [-0.05, 0) is 28.8 Å². The van der Waals surface area contributed by atoms with Gasteiger partial charge in [-0.2, -0.15) is 0 Å². The number of halogens is 2. The minimum atomic E-state index is -0.306. The lowest BCUT2D eigenvalue weighted by Gasteiger charge is -2.29. The molecule has 0 bridgehead atoms. The largest absolute Gasteiger partial charge is 0.272 e. The molecule has 0 fully saturated rings. The number of fused-ring (bicyclic) bond motifs is 1. The first-order valence-corrected chi connectivity index (χ1v) is 9.45. The second kappa shape index (κ2) is 7.35. The van der Waals surface area contributed by atoms with Crippen LogP contribution in [0.1, 0.15) is 22.6 Å². The summed E-state index contributed by atoms with van der Waals surface area (Å²) in [5.74, 6) is -0.275. The van der Waals surface area contributed by atoms with Gasteiger partial charge in [0.05, 0.1) is 21.7 Å². The van der Waals surface area contributed by atoms with E-state index in [9.17, 15) is 4.79 Å². The third-order valence-electron chi connectivity index (χ3n) is 4.84. The predicted octanol–water partition coefficient (Wildman–Crippen LogP) is 5.52. The van der Waals surface area contributed by atoms with Crippen LogP contribution in [0.4, 0.5) is 5.69 Å². The molecular weight excluding hydrogens is 379 g/mol. The van der Waals surface area contributed by atoms with Crippen LogP contribution in [0.2, 0.25) is 10.0 Å². The van der Waals surface area contributed by atoms with Crippen LogP contribution in [-0.2, 0) is 11.3 Å². The van der Waals surface area contributed by atoms with E-state index in [0.29, 0.717) is 16.6 Å². The Balaban J connectivity index is 1.71. The van der Waals surface area contributed by atoms with Crippen LogP contribution in [0.5, 0.6) is 0 Å². The molecule has 1 amide bonds. The number of carbonyl (C=O) groups is 1. The van der Waals surface area contributed by atoms with E-state index in [-0.39, 0.29) is 11.8 Å². The first-order valence-electron chi connectivity index (χ1n) is 8.69. The lowest BCUT2D eigenvalue weighted by atomic mass is 9.93. The van der Waals surface area contributed by atoms with Crippen LogP contribution >= 0.6 is 23.2 Å². The topological polar surface area (TPSA) is 23.6 Å². The molecule has 1 heterocycles. The highest BCUT2D eigenvalue weighted by Crippen LogP contribution is 2.42. The van der Waals surface area contributed by atoms with Crippen molar-refractivity contribution in [3.63, 3.8) is 0 Å². The number of hydrogen-bond acceptors (Lipinski definition) is 2. The maximum atomic E-state index is 13.4. The molecule has 136 valence electrons. The quantitative estimate of drug-likeness (QED) is 0.579. The van der Waals surface area contributed by atoms with Crippen molar-refractivity contribution in [1.29, 1.82) is 0 Å². The van der Waals surface area contributed by atoms with E-state index in [0.717, 1.165) is 22.4 Å². The Hall–Kier alpha value is -2.33. The number of nitrogens with zero attached hydrogens (tertiary/aromatic N) is 2. The monoisotopic (exact) mass is 396 g/mol. The Kier molecular flexibility index (Phi) is 4.92. The third-order valence-corrected chi connectivity index (χ3v) is 5.69. The minimum Gasteiger partial charge on any atom is -0.272 e. The van der Waals surface area contributed by atoms with Gasteiger partial charge in [-0.1, -0.05) is 83.9 Å². The molecule has 4 rings (SSSR count). The number of anilines is 1. The lowest BCUT2D eigenvalue weighted by molar-refractivity contribution is -0.121. The van der Waals surface area contributed by atoms with Gasteiger partial charge >= 0.3 is 0 Å². The Morgan fingerprint density at radius 3 is 2.41 bits per heavy atom. The van der Waals surface area contributed by atoms with E-state index in [1.807, 2.05) is 78.8 Å². The molecule has 1 atom stereocenters. The summed E-state index contributed by atoms with van der Waals surface area (Å²) in [6, 6.07) is 23.3. The third kappa shape index (κ3) is 3.23. The summed E-state index contributed by atoms with van der Waals surface area (Å²) < 4.78 is 0. The normalized spacial score (nSPS) is 16.1. The van der Waals surface area contributed by atoms with E-state index in [1.54, 1.807) is 11.1 Å². The molecule has 0 aromatic heterocycles. The van der Waals surface area contributed by atoms with Gasteiger partial charge in [0, 0.05) is 13.6 Å². The molecule has 0 N–H and O–H groups in total. The highest BCUT2D eigenvalue weighted by Gasteiger charge is 2.40. The number of hydrazine groups is 1. The van der Waals surface area contributed by atoms with Gasteiger partial charge in [0.15, 0.2) is 0 Å². The summed E-state index contributed by atoms with van der Waals surface area (Å²) in [4.78, 5) is 13.4. The predicted molar refractivity (Wildman–Crippen MR) is 110 cm³/mol. The molecule has 0 unspecified atom stereocenters. The van der Waals surface area contributed by atoms with E-state index < -0.39 is 0 Å². The molecule has 0 radical (unpaired) electrons. The number of rotatable bonds is 4. The zero-order valence-corrected chi connectivity index (χ0v) is 16.3. The number of para-hydroxylation sites is 1. The van der Waals surface area contributed by atoms with Crippen molar-refractivity contribution in [2.24, 2.45) is 0 Å². The van der Waals surface area contributed by atoms with Crippen molar-refractivity contribution in [3.05, 3.63) is 99.5 Å². The number of benzene rings is 3. The van der Waals surface area contributed by atoms with Crippen LogP contribution in [0.3, 0.4) is 0 Å². The van der Waals surface area contributed by atoms with Gasteiger partial charge in [0.2, 0.25) is 0 Å². The van der Waals surface area contributed by atoms with Gasteiger partial charge in [0.25, 0.3) is 5.91 Å². The van der Waals surface area contributed by atoms with Crippen LogP contribution < -0.4 is 5.01 Å². The van der Waals surface area contributed by atoms with E-state index in [2.05, 4.69) is 0 Å². The van der Waals surface area contributed by atoms with Crippen molar-refractivity contribution in [3.8, 4) is 0 Å². The maximum Gasteiger partial charge on any atom is 0.253 e. The summed E-state index contributed by atoms with van der Waals surface area (Å²) in [6.45, 7) is 0.473. The summed E-state index contributed by atoms with van der Waals surface area (Å²) in [5, 5.41) is 4.66. The minimum absolute atomic E-state index is 0.0306. The molecule has 3 nitrogen and oxygen atoms in total. The molecule has 3 aromatic carbocycles. The fourth-order valence-electron chi connectivity index (χ4n) is 3.61. The molecule has 0 saturated heterocycles. The van der Waals surface area contributed by atoms with Gasteiger partial charge in [0.1, 0.15) is 0 Å². The Bertz CT molecular complexity index is 991. The number of hydrogen-bond donors (Lipinski definition) is 0. The fraction of sp³-hybridized carbons (Fsp3) is 0.136. The first kappa shape index (κ1) is 18.1. The van der Waals surface area contributed by atoms with Crippen molar-refractivity contribution in [2.75, 3.05) is 12.1 Å². The Morgan fingerprint density at radius 1 is 0.926 bits per heavy atom. The van der Waals surface area contributed by atoms with Crippen LogP contribution in [0, 0.1) is 0 Å². The molecule has 0 spiro atoms. The number of amides is 1. The zero-order valence-electron chi connectivity index (χ0n) is 14.8. The average molecular weight is 397 g/mol. The van der Waals surface area contributed by atoms with Crippen LogP contribution in [0.15, 0.2) is 72.8 Å². The van der Waals surface area contributed by atoms with E-state index in [4.69, 9.17) is 23.2 Å². The average Bonchev–Trinajstić information content (AvgIpc) is 2.98. The second-order valence-corrected chi connectivity index (χ2v) is 7.37. The summed E-state index contributed by atoms with van der Waals surface area (Å²) in [6.07, 6.45) is 0. The Labute approximate surface area is 168 Å². The van der Waals surface area contributed by atoms with Crippen molar-refractivity contribution in [1.82, 2.24) is 5.01 Å².